The Morgan fingerprint density at radius 3 is 2.35 bits per heavy atom. The number of urea groups is 1. The topological polar surface area (TPSA) is 54.0 Å². The molecule has 0 aliphatic heterocycles. The van der Waals surface area contributed by atoms with E-state index < -0.39 is 0 Å². The minimum absolute atomic E-state index is 0.167. The third kappa shape index (κ3) is 2.50. The molecule has 20 heavy (non-hydrogen) atoms. The van der Waals surface area contributed by atoms with Crippen molar-refractivity contribution >= 4 is 11.7 Å². The first-order valence-corrected chi connectivity index (χ1v) is 6.83. The summed E-state index contributed by atoms with van der Waals surface area (Å²) in [5.41, 5.74) is 1.72. The van der Waals surface area contributed by atoms with E-state index in [0.717, 1.165) is 24.9 Å². The van der Waals surface area contributed by atoms with E-state index in [1.54, 1.807) is 24.5 Å². The molecular formula is C16H17N3O. The molecule has 0 spiro atoms. The van der Waals surface area contributed by atoms with Gasteiger partial charge in [0.25, 0.3) is 0 Å². The van der Waals surface area contributed by atoms with E-state index in [0.29, 0.717) is 0 Å². The summed E-state index contributed by atoms with van der Waals surface area (Å²) in [4.78, 5) is 16.1. The van der Waals surface area contributed by atoms with Gasteiger partial charge in [0.05, 0.1) is 5.54 Å². The van der Waals surface area contributed by atoms with Crippen LogP contribution in [0.1, 0.15) is 24.8 Å². The quantitative estimate of drug-likeness (QED) is 0.896. The minimum Gasteiger partial charge on any atom is -0.328 e. The molecule has 0 atom stereocenters. The molecule has 1 heterocycles. The summed E-state index contributed by atoms with van der Waals surface area (Å²) in [6, 6.07) is 13.5. The fourth-order valence-electron chi connectivity index (χ4n) is 2.59. The number of pyridine rings is 1. The summed E-state index contributed by atoms with van der Waals surface area (Å²) >= 11 is 0. The number of nitrogens with one attached hydrogen (secondary N) is 2. The summed E-state index contributed by atoms with van der Waals surface area (Å²) in [7, 11) is 0. The predicted molar refractivity (Wildman–Crippen MR) is 78.4 cm³/mol. The van der Waals surface area contributed by atoms with Crippen LogP contribution in [0.15, 0.2) is 54.9 Å². The van der Waals surface area contributed by atoms with Crippen molar-refractivity contribution in [2.75, 3.05) is 5.32 Å². The van der Waals surface area contributed by atoms with Crippen molar-refractivity contribution in [3.63, 3.8) is 0 Å². The molecule has 0 saturated heterocycles. The number of carbonyl (C=O) groups is 1. The highest BCUT2D eigenvalue weighted by Gasteiger charge is 2.39. The van der Waals surface area contributed by atoms with Crippen LogP contribution in [0.3, 0.4) is 0 Å². The standard InChI is InChI=1S/C16H17N3O/c20-15(18-14-7-11-17-12-8-14)19-16(9-4-10-16)13-5-2-1-3-6-13/h1-3,5-8,11-12H,4,9-10H2,(H2,17,18,19,20). The van der Waals surface area contributed by atoms with Gasteiger partial charge in [-0.25, -0.2) is 4.79 Å². The fourth-order valence-corrected chi connectivity index (χ4v) is 2.59. The zero-order valence-corrected chi connectivity index (χ0v) is 11.2. The van der Waals surface area contributed by atoms with Gasteiger partial charge in [-0.05, 0) is 37.0 Å². The zero-order valence-electron chi connectivity index (χ0n) is 11.2. The van der Waals surface area contributed by atoms with Crippen LogP contribution in [0, 0.1) is 0 Å². The van der Waals surface area contributed by atoms with Gasteiger partial charge in [-0.15, -0.1) is 0 Å². The number of aromatic nitrogens is 1. The maximum atomic E-state index is 12.2. The third-order valence-corrected chi connectivity index (χ3v) is 3.82. The van der Waals surface area contributed by atoms with Crippen LogP contribution in [-0.4, -0.2) is 11.0 Å². The lowest BCUT2D eigenvalue weighted by Gasteiger charge is -2.43. The highest BCUT2D eigenvalue weighted by molar-refractivity contribution is 5.89. The molecule has 2 amide bonds. The molecule has 0 unspecified atom stereocenters. The van der Waals surface area contributed by atoms with Gasteiger partial charge >= 0.3 is 6.03 Å². The van der Waals surface area contributed by atoms with E-state index in [2.05, 4.69) is 27.8 Å². The summed E-state index contributed by atoms with van der Waals surface area (Å²) in [6.07, 6.45) is 6.43. The fraction of sp³-hybridized carbons (Fsp3) is 0.250. The van der Waals surface area contributed by atoms with E-state index in [-0.39, 0.29) is 11.6 Å². The van der Waals surface area contributed by atoms with Gasteiger partial charge in [0.2, 0.25) is 0 Å². The Balaban J connectivity index is 1.71. The molecular weight excluding hydrogens is 250 g/mol. The third-order valence-electron chi connectivity index (χ3n) is 3.82. The Bertz CT molecular complexity index is 579. The summed E-state index contributed by atoms with van der Waals surface area (Å²) in [5.74, 6) is 0. The van der Waals surface area contributed by atoms with Crippen LogP contribution in [-0.2, 0) is 5.54 Å². The molecule has 1 aliphatic rings. The lowest BCUT2D eigenvalue weighted by Crippen LogP contribution is -2.52. The SMILES string of the molecule is O=C(Nc1ccncc1)NC1(c2ccccc2)CCC1. The van der Waals surface area contributed by atoms with E-state index in [1.165, 1.54) is 5.56 Å². The van der Waals surface area contributed by atoms with Crippen molar-refractivity contribution < 1.29 is 4.79 Å². The van der Waals surface area contributed by atoms with Crippen LogP contribution >= 0.6 is 0 Å². The van der Waals surface area contributed by atoms with Gasteiger partial charge in [0.1, 0.15) is 0 Å². The van der Waals surface area contributed by atoms with Gasteiger partial charge in [0.15, 0.2) is 0 Å². The van der Waals surface area contributed by atoms with Crippen LogP contribution in [0.2, 0.25) is 0 Å². The van der Waals surface area contributed by atoms with Crippen molar-refractivity contribution in [3.8, 4) is 0 Å². The second kappa shape index (κ2) is 5.33. The Labute approximate surface area is 118 Å². The van der Waals surface area contributed by atoms with Gasteiger partial charge in [0, 0.05) is 18.1 Å². The molecule has 1 fully saturated rings. The normalized spacial score (nSPS) is 16.0. The maximum Gasteiger partial charge on any atom is 0.319 e. The average molecular weight is 267 g/mol. The second-order valence-corrected chi connectivity index (χ2v) is 5.12. The lowest BCUT2D eigenvalue weighted by atomic mass is 9.72. The van der Waals surface area contributed by atoms with E-state index in [9.17, 15) is 4.79 Å². The molecule has 1 aromatic heterocycles. The van der Waals surface area contributed by atoms with Crippen LogP contribution in [0.25, 0.3) is 0 Å². The van der Waals surface area contributed by atoms with Crippen LogP contribution < -0.4 is 10.6 Å². The summed E-state index contributed by atoms with van der Waals surface area (Å²) in [6.45, 7) is 0. The number of rotatable bonds is 3. The van der Waals surface area contributed by atoms with Gasteiger partial charge < -0.3 is 10.6 Å². The molecule has 0 radical (unpaired) electrons. The first kappa shape index (κ1) is 12.7. The van der Waals surface area contributed by atoms with Crippen molar-refractivity contribution in [1.82, 2.24) is 10.3 Å². The van der Waals surface area contributed by atoms with Gasteiger partial charge in [-0.2, -0.15) is 0 Å². The largest absolute Gasteiger partial charge is 0.328 e. The molecule has 1 aromatic carbocycles. The molecule has 3 rings (SSSR count). The van der Waals surface area contributed by atoms with Crippen LogP contribution in [0.4, 0.5) is 10.5 Å². The molecule has 0 bridgehead atoms. The number of hydrogen-bond acceptors (Lipinski definition) is 2. The van der Waals surface area contributed by atoms with Gasteiger partial charge in [-0.3, -0.25) is 4.98 Å². The Kier molecular flexibility index (Phi) is 3.37. The molecule has 2 N–H and O–H groups in total. The maximum absolute atomic E-state index is 12.2. The predicted octanol–water partition coefficient (Wildman–Crippen LogP) is 3.28. The summed E-state index contributed by atoms with van der Waals surface area (Å²) < 4.78 is 0. The highest BCUT2D eigenvalue weighted by atomic mass is 16.2. The first-order chi connectivity index (χ1) is 9.78. The Morgan fingerprint density at radius 1 is 1.05 bits per heavy atom. The lowest BCUT2D eigenvalue weighted by molar-refractivity contribution is 0.185. The monoisotopic (exact) mass is 267 g/mol. The van der Waals surface area contributed by atoms with Crippen molar-refractivity contribution in [1.29, 1.82) is 0 Å². The highest BCUT2D eigenvalue weighted by Crippen LogP contribution is 2.41. The second-order valence-electron chi connectivity index (χ2n) is 5.12. The van der Waals surface area contributed by atoms with Crippen molar-refractivity contribution in [3.05, 3.63) is 60.4 Å². The van der Waals surface area contributed by atoms with E-state index in [1.807, 2.05) is 18.2 Å². The summed E-state index contributed by atoms with van der Waals surface area (Å²) in [5, 5.41) is 5.97. The zero-order chi connectivity index (χ0) is 13.8. The van der Waals surface area contributed by atoms with Gasteiger partial charge in [-0.1, -0.05) is 30.3 Å². The van der Waals surface area contributed by atoms with E-state index >= 15 is 0 Å². The number of amides is 2. The number of hydrogen-bond donors (Lipinski definition) is 2. The van der Waals surface area contributed by atoms with Crippen molar-refractivity contribution in [2.24, 2.45) is 0 Å². The first-order valence-electron chi connectivity index (χ1n) is 6.83. The molecule has 4 heteroatoms. The number of nitrogens with zero attached hydrogens (tertiary/aromatic N) is 1. The molecule has 1 aliphatic carbocycles. The van der Waals surface area contributed by atoms with Crippen LogP contribution in [0.5, 0.6) is 0 Å². The Morgan fingerprint density at radius 2 is 1.75 bits per heavy atom. The smallest absolute Gasteiger partial charge is 0.319 e. The number of benzene rings is 1. The average Bonchev–Trinajstić information content (AvgIpc) is 2.45. The Hall–Kier alpha value is -2.36. The molecule has 4 nitrogen and oxygen atoms in total. The molecule has 1 saturated carbocycles. The number of carbonyl (C=O) groups excluding carboxylic acids is 1. The van der Waals surface area contributed by atoms with E-state index in [4.69, 9.17) is 0 Å². The number of anilines is 1. The minimum atomic E-state index is -0.210. The molecule has 102 valence electrons. The van der Waals surface area contributed by atoms with Crippen molar-refractivity contribution in [2.45, 2.75) is 24.8 Å². The molecule has 2 aromatic rings.